The fraction of sp³-hybridized carbons (Fsp3) is 0.347. The molecule has 14 heteroatoms. The Morgan fingerprint density at radius 1 is 0.348 bits per heavy atom. The van der Waals surface area contributed by atoms with Gasteiger partial charge in [-0.3, -0.25) is 0 Å². The van der Waals surface area contributed by atoms with Crippen LogP contribution in [-0.2, 0) is 0 Å². The van der Waals surface area contributed by atoms with Gasteiger partial charge >= 0.3 is 0 Å². The molecule has 0 aliphatic carbocycles. The maximum atomic E-state index is 4.44. The van der Waals surface area contributed by atoms with Gasteiger partial charge in [0.05, 0.1) is 44.9 Å². The van der Waals surface area contributed by atoms with E-state index >= 15 is 0 Å². The number of aromatic nitrogens is 7. The normalized spacial score (nSPS) is 10.6. The zero-order chi connectivity index (χ0) is 59.9. The van der Waals surface area contributed by atoms with Crippen molar-refractivity contribution in [1.82, 2.24) is 31.8 Å². The van der Waals surface area contributed by atoms with Crippen molar-refractivity contribution in [1.29, 1.82) is 0 Å². The number of benzene rings is 6. The molecule has 474 valence electrons. The van der Waals surface area contributed by atoms with Gasteiger partial charge in [-0.2, -0.15) is 21.9 Å². The van der Waals surface area contributed by atoms with Crippen LogP contribution < -0.4 is 0 Å². The summed E-state index contributed by atoms with van der Waals surface area (Å²) in [6.45, 7) is 30.9. The van der Waals surface area contributed by atoms with Gasteiger partial charge in [-0.15, -0.1) is 22.7 Å². The third-order valence-electron chi connectivity index (χ3n) is 14.0. The minimum Gasteiger partial charge on any atom is -0.245 e. The van der Waals surface area contributed by atoms with E-state index in [1.165, 1.54) is 98.9 Å². The van der Waals surface area contributed by atoms with E-state index in [0.717, 1.165) is 10.3 Å². The summed E-state index contributed by atoms with van der Waals surface area (Å²) in [4.78, 5) is 11.2. The molecule has 0 aliphatic heterocycles. The van der Waals surface area contributed by atoms with Crippen LogP contribution in [0, 0.1) is 0 Å². The van der Waals surface area contributed by atoms with Crippen molar-refractivity contribution >= 4 is 151 Å². The topological polar surface area (TPSA) is 90.2 Å². The van der Waals surface area contributed by atoms with Crippen molar-refractivity contribution in [3.63, 3.8) is 0 Å². The van der Waals surface area contributed by atoms with E-state index in [0.29, 0.717) is 41.4 Å². The summed E-state index contributed by atoms with van der Waals surface area (Å²) in [6, 6.07) is 47.0. The summed E-state index contributed by atoms with van der Waals surface area (Å²) in [5.74, 6) is 4.13. The first-order valence-corrected chi connectivity index (χ1v) is 34.4. The second-order valence-corrected chi connectivity index (χ2v) is 28.7. The monoisotopic (exact) mass is 1320 g/mol. The van der Waals surface area contributed by atoms with E-state index in [1.807, 2.05) is 42.6 Å². The molecule has 0 atom stereocenters. The molecule has 0 amide bonds. The first kappa shape index (κ1) is 77.0. The number of rotatable bonds is 7. The standard InChI is InChI=1S/7C10H11NS.5CH4/c1-7(2)8-3-4-10-9(5-8)6-11-12-10;1-7(2)8-3-4-9-6-11-12-10(9)5-8;1-7(2)8-4-3-5-10-9(8)6-11-12-10;1-7(2)8-4-3-5-9-10(8)12-6-11-9;1-7(2)9-6-8-4-3-5-11-10(8)12-9;1-7(2)9-5-3-4-8-6-11-12-10(8)9;1-7(2)10-8-5-3-4-6-9(8)12-11-10;;;;;/h7*3-7H,1-2H3;5*1H4. The van der Waals surface area contributed by atoms with Gasteiger partial charge < -0.3 is 0 Å². The molecule has 0 radical (unpaired) electrons. The Kier molecular flexibility index (Phi) is 32.2. The van der Waals surface area contributed by atoms with Crippen molar-refractivity contribution in [3.05, 3.63) is 208 Å². The SMILES string of the molecule is C.C.C.C.C.CC(C)c1cc2cccnc2s1.CC(C)c1ccc2cnsc2c1.CC(C)c1ccc2sncc2c1.CC(C)c1cccc2cnsc12.CC(C)c1cccc2ncsc12.CC(C)c1cccc2sncc12.CC(C)c1nsc2ccccc12. The minimum atomic E-state index is 0. The lowest BCUT2D eigenvalue weighted by atomic mass is 10.0. The maximum Gasteiger partial charge on any atom is 0.123 e. The van der Waals surface area contributed by atoms with Crippen molar-refractivity contribution in [3.8, 4) is 0 Å². The molecule has 0 saturated heterocycles. The molecule has 14 aromatic rings. The van der Waals surface area contributed by atoms with Crippen molar-refractivity contribution < 1.29 is 0 Å². The third kappa shape index (κ3) is 20.6. The van der Waals surface area contributed by atoms with Crippen LogP contribution in [0.25, 0.3) is 70.9 Å². The average molecular weight is 1320 g/mol. The third-order valence-corrected chi connectivity index (χ3v) is 20.3. The summed E-state index contributed by atoms with van der Waals surface area (Å²) in [7, 11) is 0. The zero-order valence-corrected chi connectivity index (χ0v) is 56.4. The number of thiazole rings is 1. The lowest BCUT2D eigenvalue weighted by molar-refractivity contribution is 0.850. The lowest BCUT2D eigenvalue weighted by Crippen LogP contribution is -1.86. The largest absolute Gasteiger partial charge is 0.245 e. The van der Waals surface area contributed by atoms with Crippen LogP contribution >= 0.6 is 80.3 Å². The molecule has 89 heavy (non-hydrogen) atoms. The van der Waals surface area contributed by atoms with Crippen LogP contribution in [0.3, 0.4) is 0 Å². The van der Waals surface area contributed by atoms with Gasteiger partial charge in [-0.05, 0) is 175 Å². The lowest BCUT2D eigenvalue weighted by Gasteiger charge is -2.05. The van der Waals surface area contributed by atoms with E-state index in [-0.39, 0.29) is 37.1 Å². The van der Waals surface area contributed by atoms with E-state index in [4.69, 9.17) is 0 Å². The average Bonchev–Trinajstić information content (AvgIpc) is 4.58. The van der Waals surface area contributed by atoms with Crippen molar-refractivity contribution in [2.24, 2.45) is 0 Å². The maximum absolute atomic E-state index is 4.44. The highest BCUT2D eigenvalue weighted by atomic mass is 32.1. The summed E-state index contributed by atoms with van der Waals surface area (Å²) in [5, 5.41) is 7.70. The molecule has 8 heterocycles. The van der Waals surface area contributed by atoms with E-state index < -0.39 is 0 Å². The van der Waals surface area contributed by atoms with Gasteiger partial charge in [0, 0.05) is 68.2 Å². The first-order valence-electron chi connectivity index (χ1n) is 28.8. The molecule has 8 aromatic heterocycles. The van der Waals surface area contributed by atoms with E-state index in [2.05, 4.69) is 256 Å². The Balaban J connectivity index is 0.000000269. The molecule has 0 saturated carbocycles. The second-order valence-electron chi connectivity index (χ2n) is 22.7. The molecule has 0 unspecified atom stereocenters. The minimum absolute atomic E-state index is 0. The van der Waals surface area contributed by atoms with E-state index in [1.54, 1.807) is 80.3 Å². The highest BCUT2D eigenvalue weighted by molar-refractivity contribution is 7.18. The van der Waals surface area contributed by atoms with Gasteiger partial charge in [0.1, 0.15) is 4.83 Å². The Hall–Kier alpha value is -6.23. The first-order chi connectivity index (χ1) is 40.5. The van der Waals surface area contributed by atoms with Crippen LogP contribution in [-0.4, -0.2) is 31.8 Å². The van der Waals surface area contributed by atoms with Crippen LogP contribution in [0.1, 0.15) is 214 Å². The molecule has 7 nitrogen and oxygen atoms in total. The molecule has 14 rings (SSSR count). The molecule has 0 N–H and O–H groups in total. The summed E-state index contributed by atoms with van der Waals surface area (Å²) < 4.78 is 28.9. The van der Waals surface area contributed by atoms with Crippen molar-refractivity contribution in [2.45, 2.75) is 175 Å². The van der Waals surface area contributed by atoms with Crippen LogP contribution in [0.2, 0.25) is 0 Å². The fourth-order valence-electron chi connectivity index (χ4n) is 9.14. The predicted molar refractivity (Wildman–Crippen MR) is 410 cm³/mol. The van der Waals surface area contributed by atoms with Crippen LogP contribution in [0.15, 0.2) is 170 Å². The van der Waals surface area contributed by atoms with Gasteiger partial charge in [-0.1, -0.05) is 219 Å². The molecule has 0 spiro atoms. The highest BCUT2D eigenvalue weighted by Gasteiger charge is 2.11. The summed E-state index contributed by atoms with van der Waals surface area (Å²) in [6.07, 6.45) is 9.61. The zero-order valence-electron chi connectivity index (χ0n) is 50.7. The molecule has 6 aromatic carbocycles. The summed E-state index contributed by atoms with van der Waals surface area (Å²) >= 11 is 11.4. The predicted octanol–water partition coefficient (Wildman–Crippen LogP) is 27.1. The molecular weight excluding hydrogens is 1220 g/mol. The summed E-state index contributed by atoms with van der Waals surface area (Å²) in [5.41, 5.74) is 11.3. The number of hydrogen-bond acceptors (Lipinski definition) is 14. The quantitative estimate of drug-likeness (QED) is 0.157. The number of fused-ring (bicyclic) bond motifs is 7. The number of hydrogen-bond donors (Lipinski definition) is 0. The van der Waals surface area contributed by atoms with Gasteiger partial charge in [0.25, 0.3) is 0 Å². The Bertz CT molecular complexity index is 3930. The Morgan fingerprint density at radius 3 is 1.57 bits per heavy atom. The van der Waals surface area contributed by atoms with Gasteiger partial charge in [-0.25, -0.2) is 9.97 Å². The van der Waals surface area contributed by atoms with Crippen LogP contribution in [0.4, 0.5) is 0 Å². The smallest absolute Gasteiger partial charge is 0.123 e. The highest BCUT2D eigenvalue weighted by Crippen LogP contribution is 2.33. The molecule has 0 fully saturated rings. The second kappa shape index (κ2) is 37.2. The number of pyridine rings is 1. The van der Waals surface area contributed by atoms with Crippen LogP contribution in [0.5, 0.6) is 0 Å². The van der Waals surface area contributed by atoms with E-state index in [9.17, 15) is 0 Å². The van der Waals surface area contributed by atoms with Gasteiger partial charge in [0.2, 0.25) is 0 Å². The Labute approximate surface area is 562 Å². The molecular formula is C75H97N7S7. The molecule has 0 bridgehead atoms. The fourth-order valence-corrected chi connectivity index (χ4v) is 14.9. The number of nitrogens with zero attached hydrogens (tertiary/aromatic N) is 7. The Morgan fingerprint density at radius 2 is 0.899 bits per heavy atom. The van der Waals surface area contributed by atoms with Crippen molar-refractivity contribution in [2.75, 3.05) is 0 Å². The van der Waals surface area contributed by atoms with Gasteiger partial charge in [0.15, 0.2) is 0 Å². The molecule has 0 aliphatic rings. The number of thiophene rings is 1.